The van der Waals surface area contributed by atoms with Gasteiger partial charge in [-0.15, -0.1) is 11.3 Å². The minimum Gasteiger partial charge on any atom is -0.468 e. The molecule has 2 atom stereocenters. The maximum Gasteiger partial charge on any atom is 0.357 e. The summed E-state index contributed by atoms with van der Waals surface area (Å²) in [5.41, 5.74) is 2.51. The van der Waals surface area contributed by atoms with Gasteiger partial charge in [0.15, 0.2) is 0 Å². The van der Waals surface area contributed by atoms with Gasteiger partial charge in [0, 0.05) is 10.8 Å². The minimum atomic E-state index is -4.39. The molecular weight excluding hydrogens is 514 g/mol. The minimum absolute atomic E-state index is 0.186. The Bertz CT molecular complexity index is 1320. The Morgan fingerprint density at radius 2 is 1.65 bits per heavy atom. The second-order valence-electron chi connectivity index (χ2n) is 9.63. The number of nitrogens with zero attached hydrogens (tertiary/aromatic N) is 1. The molecule has 1 amide bonds. The molecular formula is C26H31N3O6S2. The van der Waals surface area contributed by atoms with Crippen molar-refractivity contribution in [3.8, 4) is 0 Å². The third-order valence-corrected chi connectivity index (χ3v) is 7.08. The van der Waals surface area contributed by atoms with Crippen LogP contribution in [0, 0.1) is 5.92 Å². The lowest BCUT2D eigenvalue weighted by Gasteiger charge is -2.21. The maximum absolute atomic E-state index is 13.4. The van der Waals surface area contributed by atoms with E-state index in [9.17, 15) is 18.0 Å². The van der Waals surface area contributed by atoms with Crippen LogP contribution < -0.4 is 10.0 Å². The van der Waals surface area contributed by atoms with Gasteiger partial charge in [-0.05, 0) is 36.1 Å². The topological polar surface area (TPSA) is 135 Å². The van der Waals surface area contributed by atoms with Gasteiger partial charge in [0.25, 0.3) is 0 Å². The van der Waals surface area contributed by atoms with Crippen molar-refractivity contribution >= 4 is 39.2 Å². The summed E-state index contributed by atoms with van der Waals surface area (Å²) in [6.07, 6.45) is 0.529. The number of esters is 1. The molecule has 198 valence electrons. The molecule has 3 N–H and O–H groups in total. The highest BCUT2D eigenvalue weighted by Gasteiger charge is 2.31. The second kappa shape index (κ2) is 11.8. The lowest BCUT2D eigenvalue weighted by atomic mass is 9.93. The maximum atomic E-state index is 13.4. The third-order valence-electron chi connectivity index (χ3n) is 5.63. The molecule has 1 aromatic heterocycles. The number of rotatable bonds is 10. The summed E-state index contributed by atoms with van der Waals surface area (Å²) in [4.78, 5) is 30.7. The Kier molecular flexibility index (Phi) is 9.06. The Labute approximate surface area is 221 Å². The summed E-state index contributed by atoms with van der Waals surface area (Å²) in [6, 6.07) is 15.1. The molecule has 0 aliphatic carbocycles. The van der Waals surface area contributed by atoms with E-state index in [2.05, 4.69) is 5.32 Å². The molecule has 3 rings (SSSR count). The van der Waals surface area contributed by atoms with Crippen molar-refractivity contribution in [2.75, 3.05) is 11.8 Å². The number of aromatic nitrogens is 1. The van der Waals surface area contributed by atoms with E-state index in [4.69, 9.17) is 14.3 Å². The number of methoxy groups -OCH3 is 1. The number of hydrogen-bond acceptors (Lipinski definition) is 7. The standard InChI is InChI=1S/C26H31N3O6S2/c1-26(2,3)22-16-36-24(28-22)21(15-18-10-12-19(13-11-18)29-37(32,33)34)27-23(30)20(25(31)35-4)14-17-8-6-5-7-9-17/h5-13,16,20-21,29H,14-15H2,1-4H3,(H,27,30)(H,32,33,34)/t20-,21-/m0/s1. The number of nitrogens with one attached hydrogen (secondary N) is 2. The highest BCUT2D eigenvalue weighted by Crippen LogP contribution is 2.29. The van der Waals surface area contributed by atoms with Crippen LogP contribution >= 0.6 is 11.3 Å². The van der Waals surface area contributed by atoms with E-state index in [0.717, 1.165) is 16.8 Å². The van der Waals surface area contributed by atoms with Crippen molar-refractivity contribution in [2.45, 2.75) is 45.1 Å². The molecule has 0 saturated heterocycles. The van der Waals surface area contributed by atoms with E-state index in [1.807, 2.05) is 61.2 Å². The van der Waals surface area contributed by atoms with E-state index in [0.29, 0.717) is 11.4 Å². The molecule has 0 fully saturated rings. The predicted molar refractivity (Wildman–Crippen MR) is 143 cm³/mol. The first kappa shape index (κ1) is 28.3. The van der Waals surface area contributed by atoms with Crippen molar-refractivity contribution in [1.82, 2.24) is 10.3 Å². The first-order valence-corrected chi connectivity index (χ1v) is 13.9. The average Bonchev–Trinajstić information content (AvgIpc) is 3.33. The zero-order valence-electron chi connectivity index (χ0n) is 21.1. The fourth-order valence-corrected chi connectivity index (χ4v) is 5.16. The first-order chi connectivity index (χ1) is 17.4. The predicted octanol–water partition coefficient (Wildman–Crippen LogP) is 4.09. The monoisotopic (exact) mass is 545 g/mol. The molecule has 0 aliphatic heterocycles. The summed E-state index contributed by atoms with van der Waals surface area (Å²) >= 11 is 1.42. The van der Waals surface area contributed by atoms with Crippen LogP contribution in [0.25, 0.3) is 0 Å². The van der Waals surface area contributed by atoms with Gasteiger partial charge in [-0.3, -0.25) is 18.9 Å². The molecule has 0 bridgehead atoms. The number of ether oxygens (including phenoxy) is 1. The molecule has 37 heavy (non-hydrogen) atoms. The second-order valence-corrected chi connectivity index (χ2v) is 11.7. The zero-order valence-corrected chi connectivity index (χ0v) is 22.7. The molecule has 0 saturated carbocycles. The van der Waals surface area contributed by atoms with Gasteiger partial charge in [-0.2, -0.15) is 8.42 Å². The highest BCUT2D eigenvalue weighted by molar-refractivity contribution is 7.87. The van der Waals surface area contributed by atoms with Crippen LogP contribution in [0.1, 0.15) is 48.6 Å². The summed E-state index contributed by atoms with van der Waals surface area (Å²) < 4.78 is 38.1. The average molecular weight is 546 g/mol. The third kappa shape index (κ3) is 8.38. The van der Waals surface area contributed by atoms with Crippen LogP contribution in [0.15, 0.2) is 60.0 Å². The molecule has 9 nitrogen and oxygen atoms in total. The van der Waals surface area contributed by atoms with Crippen molar-refractivity contribution in [2.24, 2.45) is 5.92 Å². The van der Waals surface area contributed by atoms with Crippen molar-refractivity contribution < 1.29 is 27.3 Å². The van der Waals surface area contributed by atoms with E-state index < -0.39 is 34.1 Å². The quantitative estimate of drug-likeness (QED) is 0.198. The Balaban J connectivity index is 1.88. The normalized spacial score (nSPS) is 13.4. The molecule has 1 heterocycles. The van der Waals surface area contributed by atoms with Gasteiger partial charge in [0.1, 0.15) is 10.9 Å². The Morgan fingerprint density at radius 1 is 1.03 bits per heavy atom. The molecule has 0 radical (unpaired) electrons. The van der Waals surface area contributed by atoms with Crippen LogP contribution in [0.2, 0.25) is 0 Å². The van der Waals surface area contributed by atoms with Crippen LogP contribution in [0.4, 0.5) is 5.69 Å². The number of carbonyl (C=O) groups excluding carboxylic acids is 2. The number of benzene rings is 2. The lowest BCUT2D eigenvalue weighted by Crippen LogP contribution is -2.40. The number of thiazole rings is 1. The SMILES string of the molecule is COC(=O)[C@@H](Cc1ccccc1)C(=O)N[C@@H](Cc1ccc(NS(=O)(=O)O)cc1)c1nc(C(C)(C)C)cs1. The van der Waals surface area contributed by atoms with E-state index in [1.54, 1.807) is 12.1 Å². The van der Waals surface area contributed by atoms with Crippen molar-refractivity contribution in [3.05, 3.63) is 81.8 Å². The lowest BCUT2D eigenvalue weighted by molar-refractivity contribution is -0.150. The Morgan fingerprint density at radius 3 is 2.19 bits per heavy atom. The van der Waals surface area contributed by atoms with Crippen LogP contribution in [0.5, 0.6) is 0 Å². The van der Waals surface area contributed by atoms with Crippen molar-refractivity contribution in [1.29, 1.82) is 0 Å². The fraction of sp³-hybridized carbons (Fsp3) is 0.346. The van der Waals surface area contributed by atoms with Gasteiger partial charge < -0.3 is 10.1 Å². The summed E-state index contributed by atoms with van der Waals surface area (Å²) in [7, 11) is -3.13. The number of carbonyl (C=O) groups is 2. The van der Waals surface area contributed by atoms with Crippen molar-refractivity contribution in [3.63, 3.8) is 0 Å². The molecule has 11 heteroatoms. The molecule has 0 spiro atoms. The fourth-order valence-electron chi connectivity index (χ4n) is 3.63. The smallest absolute Gasteiger partial charge is 0.357 e. The van der Waals surface area contributed by atoms with Gasteiger partial charge in [0.2, 0.25) is 5.91 Å². The first-order valence-electron chi connectivity index (χ1n) is 11.6. The number of hydrogen-bond donors (Lipinski definition) is 3. The molecule has 0 aliphatic rings. The van der Waals surface area contributed by atoms with Crippen LogP contribution in [-0.4, -0.2) is 36.9 Å². The highest BCUT2D eigenvalue weighted by atomic mass is 32.2. The summed E-state index contributed by atoms with van der Waals surface area (Å²) in [5.74, 6) is -2.15. The summed E-state index contributed by atoms with van der Waals surface area (Å²) in [6.45, 7) is 6.15. The van der Waals surface area contributed by atoms with E-state index >= 15 is 0 Å². The zero-order chi connectivity index (χ0) is 27.2. The van der Waals surface area contributed by atoms with Gasteiger partial charge in [-0.25, -0.2) is 4.98 Å². The summed E-state index contributed by atoms with van der Waals surface area (Å²) in [5, 5.41) is 5.63. The van der Waals surface area contributed by atoms with Crippen LogP contribution in [0.3, 0.4) is 0 Å². The largest absolute Gasteiger partial charge is 0.468 e. The van der Waals surface area contributed by atoms with E-state index in [1.165, 1.54) is 30.6 Å². The van der Waals surface area contributed by atoms with Gasteiger partial charge in [0.05, 0.1) is 24.5 Å². The molecule has 2 aromatic carbocycles. The molecule has 3 aromatic rings. The number of anilines is 1. The van der Waals surface area contributed by atoms with Crippen LogP contribution in [-0.2, 0) is 42.9 Å². The molecule has 0 unspecified atom stereocenters. The van der Waals surface area contributed by atoms with Gasteiger partial charge >= 0.3 is 16.3 Å². The number of amides is 1. The van der Waals surface area contributed by atoms with Gasteiger partial charge in [-0.1, -0.05) is 63.2 Å². The Hall–Kier alpha value is -3.28. The van der Waals surface area contributed by atoms with E-state index in [-0.39, 0.29) is 17.5 Å².